The standard InChI is InChI=1S/C16H19FN2O2/c1-2-16(15(20)21)6-3-7-19(11-16)10-13-8-14(17)5-4-12(13)9-18/h4-5,8H,2-3,6-7,10-11H2,1H3,(H,20,21). The van der Waals surface area contributed by atoms with Gasteiger partial charge in [-0.25, -0.2) is 4.39 Å². The maximum Gasteiger partial charge on any atom is 0.310 e. The van der Waals surface area contributed by atoms with Crippen LogP contribution in [0.15, 0.2) is 18.2 Å². The van der Waals surface area contributed by atoms with E-state index in [1.807, 2.05) is 11.8 Å². The Bertz CT molecular complexity index is 582. The quantitative estimate of drug-likeness (QED) is 0.926. The zero-order valence-corrected chi connectivity index (χ0v) is 12.1. The SMILES string of the molecule is CCC1(C(=O)O)CCCN(Cc2cc(F)ccc2C#N)C1. The average molecular weight is 290 g/mol. The molecule has 1 unspecified atom stereocenters. The van der Waals surface area contributed by atoms with Gasteiger partial charge < -0.3 is 5.11 Å². The zero-order chi connectivity index (χ0) is 15.5. The van der Waals surface area contributed by atoms with Crippen molar-refractivity contribution in [1.82, 2.24) is 4.90 Å². The van der Waals surface area contributed by atoms with E-state index in [0.29, 0.717) is 37.1 Å². The van der Waals surface area contributed by atoms with E-state index in [1.54, 1.807) is 0 Å². The molecule has 0 aromatic heterocycles. The average Bonchev–Trinajstić information content (AvgIpc) is 2.47. The molecule has 0 amide bonds. The van der Waals surface area contributed by atoms with Crippen LogP contribution in [0.2, 0.25) is 0 Å². The number of carboxylic acids is 1. The molecule has 1 N–H and O–H groups in total. The summed E-state index contributed by atoms with van der Waals surface area (Å²) >= 11 is 0. The summed E-state index contributed by atoms with van der Waals surface area (Å²) < 4.78 is 13.4. The Morgan fingerprint density at radius 2 is 2.33 bits per heavy atom. The Balaban J connectivity index is 2.19. The molecule has 1 atom stereocenters. The minimum absolute atomic E-state index is 0.374. The van der Waals surface area contributed by atoms with Crippen molar-refractivity contribution < 1.29 is 14.3 Å². The molecule has 1 fully saturated rings. The second-order valence-corrected chi connectivity index (χ2v) is 5.67. The predicted molar refractivity (Wildman–Crippen MR) is 76.0 cm³/mol. The van der Waals surface area contributed by atoms with Crippen LogP contribution in [0, 0.1) is 22.6 Å². The van der Waals surface area contributed by atoms with E-state index in [1.165, 1.54) is 18.2 Å². The van der Waals surface area contributed by atoms with Gasteiger partial charge >= 0.3 is 5.97 Å². The highest BCUT2D eigenvalue weighted by molar-refractivity contribution is 5.75. The van der Waals surface area contributed by atoms with Crippen LogP contribution in [0.1, 0.15) is 37.3 Å². The van der Waals surface area contributed by atoms with E-state index in [2.05, 4.69) is 6.07 Å². The fourth-order valence-electron chi connectivity index (χ4n) is 3.02. The number of hydrogen-bond donors (Lipinski definition) is 1. The summed E-state index contributed by atoms with van der Waals surface area (Å²) in [5.74, 6) is -1.14. The third kappa shape index (κ3) is 3.22. The molecule has 1 aliphatic rings. The van der Waals surface area contributed by atoms with Crippen LogP contribution in [0.5, 0.6) is 0 Å². The summed E-state index contributed by atoms with van der Waals surface area (Å²) in [7, 11) is 0. The number of benzene rings is 1. The number of nitriles is 1. The number of rotatable bonds is 4. The van der Waals surface area contributed by atoms with Crippen LogP contribution in [-0.2, 0) is 11.3 Å². The van der Waals surface area contributed by atoms with Gasteiger partial charge in [0.05, 0.1) is 17.0 Å². The molecular formula is C16H19FN2O2. The van der Waals surface area contributed by atoms with Crippen molar-refractivity contribution in [3.8, 4) is 6.07 Å². The van der Waals surface area contributed by atoms with Gasteiger partial charge in [-0.2, -0.15) is 5.26 Å². The van der Waals surface area contributed by atoms with Crippen LogP contribution < -0.4 is 0 Å². The number of carbonyl (C=O) groups is 1. The molecule has 1 aliphatic heterocycles. The molecule has 0 aliphatic carbocycles. The zero-order valence-electron chi connectivity index (χ0n) is 12.1. The molecule has 112 valence electrons. The molecular weight excluding hydrogens is 271 g/mol. The first-order valence-electron chi connectivity index (χ1n) is 7.15. The normalized spacial score (nSPS) is 22.7. The van der Waals surface area contributed by atoms with Crippen LogP contribution in [0.3, 0.4) is 0 Å². The predicted octanol–water partition coefficient (Wildman–Crippen LogP) is 2.77. The lowest BCUT2D eigenvalue weighted by Gasteiger charge is -2.39. The topological polar surface area (TPSA) is 64.3 Å². The van der Waals surface area contributed by atoms with E-state index in [0.717, 1.165) is 13.0 Å². The Hall–Kier alpha value is -1.93. The van der Waals surface area contributed by atoms with E-state index in [4.69, 9.17) is 5.26 Å². The number of nitrogens with zero attached hydrogens (tertiary/aromatic N) is 2. The highest BCUT2D eigenvalue weighted by Gasteiger charge is 2.40. The fraction of sp³-hybridized carbons (Fsp3) is 0.500. The van der Waals surface area contributed by atoms with Gasteiger partial charge in [0.25, 0.3) is 0 Å². The Morgan fingerprint density at radius 1 is 1.57 bits per heavy atom. The van der Waals surface area contributed by atoms with Crippen molar-refractivity contribution in [3.05, 3.63) is 35.1 Å². The third-order valence-corrected chi connectivity index (χ3v) is 4.37. The minimum atomic E-state index is -0.769. The molecule has 1 aromatic rings. The number of carboxylic acid groups (broad SMARTS) is 1. The molecule has 0 radical (unpaired) electrons. The van der Waals surface area contributed by atoms with Gasteiger partial charge in [-0.3, -0.25) is 9.69 Å². The van der Waals surface area contributed by atoms with Crippen molar-refractivity contribution in [1.29, 1.82) is 5.26 Å². The number of likely N-dealkylation sites (tertiary alicyclic amines) is 1. The molecule has 21 heavy (non-hydrogen) atoms. The lowest BCUT2D eigenvalue weighted by molar-refractivity contribution is -0.153. The van der Waals surface area contributed by atoms with E-state index < -0.39 is 11.4 Å². The van der Waals surface area contributed by atoms with Gasteiger partial charge in [0.15, 0.2) is 0 Å². The summed E-state index contributed by atoms with van der Waals surface area (Å²) in [5, 5.41) is 18.6. The second-order valence-electron chi connectivity index (χ2n) is 5.67. The van der Waals surface area contributed by atoms with Gasteiger partial charge in [-0.15, -0.1) is 0 Å². The van der Waals surface area contributed by atoms with Gasteiger partial charge in [-0.1, -0.05) is 6.92 Å². The summed E-state index contributed by atoms with van der Waals surface area (Å²) in [6.45, 7) is 3.52. The first kappa shape index (κ1) is 15.5. The van der Waals surface area contributed by atoms with E-state index in [-0.39, 0.29) is 5.82 Å². The highest BCUT2D eigenvalue weighted by Crippen LogP contribution is 2.34. The minimum Gasteiger partial charge on any atom is -0.481 e. The Labute approximate surface area is 123 Å². The lowest BCUT2D eigenvalue weighted by atomic mass is 9.77. The molecule has 1 heterocycles. The fourth-order valence-corrected chi connectivity index (χ4v) is 3.02. The maximum atomic E-state index is 13.4. The van der Waals surface area contributed by atoms with Crippen LogP contribution >= 0.6 is 0 Å². The van der Waals surface area contributed by atoms with Gasteiger partial charge in [-0.05, 0) is 49.6 Å². The van der Waals surface area contributed by atoms with Crippen LogP contribution in [-0.4, -0.2) is 29.1 Å². The third-order valence-electron chi connectivity index (χ3n) is 4.37. The Kier molecular flexibility index (Phi) is 4.59. The number of halogens is 1. The highest BCUT2D eigenvalue weighted by atomic mass is 19.1. The molecule has 0 saturated carbocycles. The second kappa shape index (κ2) is 6.23. The van der Waals surface area contributed by atoms with Gasteiger partial charge in [0, 0.05) is 13.1 Å². The number of piperidine rings is 1. The van der Waals surface area contributed by atoms with Gasteiger partial charge in [0.2, 0.25) is 0 Å². The summed E-state index contributed by atoms with van der Waals surface area (Å²) in [6.07, 6.45) is 2.05. The summed E-state index contributed by atoms with van der Waals surface area (Å²) in [6, 6.07) is 6.16. The van der Waals surface area contributed by atoms with Crippen molar-refractivity contribution in [2.45, 2.75) is 32.7 Å². The van der Waals surface area contributed by atoms with E-state index >= 15 is 0 Å². The van der Waals surface area contributed by atoms with Crippen molar-refractivity contribution in [3.63, 3.8) is 0 Å². The number of hydrogen-bond acceptors (Lipinski definition) is 3. The maximum absolute atomic E-state index is 13.4. The molecule has 2 rings (SSSR count). The molecule has 4 nitrogen and oxygen atoms in total. The smallest absolute Gasteiger partial charge is 0.310 e. The van der Waals surface area contributed by atoms with Crippen molar-refractivity contribution in [2.75, 3.05) is 13.1 Å². The summed E-state index contributed by atoms with van der Waals surface area (Å²) in [5.41, 5.74) is 0.340. The molecule has 0 bridgehead atoms. The monoisotopic (exact) mass is 290 g/mol. The van der Waals surface area contributed by atoms with Gasteiger partial charge in [0.1, 0.15) is 5.82 Å². The summed E-state index contributed by atoms with van der Waals surface area (Å²) in [4.78, 5) is 13.6. The van der Waals surface area contributed by atoms with Crippen LogP contribution in [0.4, 0.5) is 4.39 Å². The molecule has 0 spiro atoms. The Morgan fingerprint density at radius 3 is 2.95 bits per heavy atom. The molecule has 5 heteroatoms. The molecule has 1 saturated heterocycles. The largest absolute Gasteiger partial charge is 0.481 e. The lowest BCUT2D eigenvalue weighted by Crippen LogP contribution is -2.47. The molecule has 1 aromatic carbocycles. The first-order chi connectivity index (χ1) is 10.0. The van der Waals surface area contributed by atoms with Crippen molar-refractivity contribution >= 4 is 5.97 Å². The number of aliphatic carboxylic acids is 1. The van der Waals surface area contributed by atoms with Crippen molar-refractivity contribution in [2.24, 2.45) is 5.41 Å². The van der Waals surface area contributed by atoms with E-state index in [9.17, 15) is 14.3 Å². The first-order valence-corrected chi connectivity index (χ1v) is 7.15. The van der Waals surface area contributed by atoms with Crippen LogP contribution in [0.25, 0.3) is 0 Å².